The molecular formula is C14H16BrN3O3. The van der Waals surface area contributed by atoms with Crippen LogP contribution in [0.4, 0.5) is 5.69 Å². The van der Waals surface area contributed by atoms with E-state index in [0.717, 1.165) is 4.47 Å². The normalized spacial score (nSPS) is 14.8. The summed E-state index contributed by atoms with van der Waals surface area (Å²) in [5, 5.41) is 2.57. The van der Waals surface area contributed by atoms with Gasteiger partial charge in [-0.25, -0.2) is 0 Å². The Morgan fingerprint density at radius 2 is 1.52 bits per heavy atom. The zero-order valence-electron chi connectivity index (χ0n) is 11.6. The van der Waals surface area contributed by atoms with Gasteiger partial charge in [-0.3, -0.25) is 14.4 Å². The zero-order valence-corrected chi connectivity index (χ0v) is 13.2. The lowest BCUT2D eigenvalue weighted by molar-refractivity contribution is -0.145. The molecule has 112 valence electrons. The fourth-order valence-electron chi connectivity index (χ4n) is 2.09. The Bertz CT molecular complexity index is 551. The van der Waals surface area contributed by atoms with Crippen molar-refractivity contribution in [2.75, 3.05) is 31.5 Å². The average molecular weight is 354 g/mol. The molecule has 21 heavy (non-hydrogen) atoms. The first-order valence-electron chi connectivity index (χ1n) is 6.58. The van der Waals surface area contributed by atoms with Crippen molar-refractivity contribution in [2.24, 2.45) is 0 Å². The van der Waals surface area contributed by atoms with Crippen molar-refractivity contribution >= 4 is 39.3 Å². The molecule has 7 heteroatoms. The standard InChI is InChI=1S/C14H16BrN3O3/c1-10(19)17-6-8-18(9-7-17)14(21)13(20)16-12-4-2-11(15)3-5-12/h2-5H,6-9H2,1H3,(H,16,20). The topological polar surface area (TPSA) is 69.7 Å². The van der Waals surface area contributed by atoms with Crippen LogP contribution in [0, 0.1) is 0 Å². The quantitative estimate of drug-likeness (QED) is 0.768. The highest BCUT2D eigenvalue weighted by molar-refractivity contribution is 9.10. The van der Waals surface area contributed by atoms with E-state index in [9.17, 15) is 14.4 Å². The minimum atomic E-state index is -0.659. The number of nitrogens with one attached hydrogen (secondary N) is 1. The number of rotatable bonds is 1. The molecule has 1 aliphatic rings. The minimum Gasteiger partial charge on any atom is -0.339 e. The fourth-order valence-corrected chi connectivity index (χ4v) is 2.35. The maximum Gasteiger partial charge on any atom is 0.313 e. The summed E-state index contributed by atoms with van der Waals surface area (Å²) < 4.78 is 0.896. The predicted octanol–water partition coefficient (Wildman–Crippen LogP) is 1.08. The second-order valence-corrected chi connectivity index (χ2v) is 5.67. The van der Waals surface area contributed by atoms with E-state index in [-0.39, 0.29) is 5.91 Å². The van der Waals surface area contributed by atoms with Gasteiger partial charge in [0.1, 0.15) is 0 Å². The van der Waals surface area contributed by atoms with Gasteiger partial charge in [-0.2, -0.15) is 0 Å². The van der Waals surface area contributed by atoms with Gasteiger partial charge < -0.3 is 15.1 Å². The molecule has 6 nitrogen and oxygen atoms in total. The Morgan fingerprint density at radius 1 is 1.00 bits per heavy atom. The first-order chi connectivity index (χ1) is 9.97. The van der Waals surface area contributed by atoms with Crippen LogP contribution >= 0.6 is 15.9 Å². The Labute approximate surface area is 131 Å². The van der Waals surface area contributed by atoms with E-state index in [1.54, 1.807) is 29.2 Å². The predicted molar refractivity (Wildman–Crippen MR) is 81.6 cm³/mol. The number of halogens is 1. The molecular weight excluding hydrogens is 338 g/mol. The number of nitrogens with zero attached hydrogens (tertiary/aromatic N) is 2. The van der Waals surface area contributed by atoms with E-state index in [0.29, 0.717) is 31.9 Å². The third-order valence-electron chi connectivity index (χ3n) is 3.31. The number of carbonyl (C=O) groups excluding carboxylic acids is 3. The molecule has 0 spiro atoms. The van der Waals surface area contributed by atoms with Crippen LogP contribution in [-0.4, -0.2) is 53.7 Å². The smallest absolute Gasteiger partial charge is 0.313 e. The van der Waals surface area contributed by atoms with E-state index in [1.807, 2.05) is 0 Å². The molecule has 1 aromatic rings. The number of benzene rings is 1. The van der Waals surface area contributed by atoms with Crippen LogP contribution in [0.15, 0.2) is 28.7 Å². The Morgan fingerprint density at radius 3 is 2.05 bits per heavy atom. The van der Waals surface area contributed by atoms with E-state index in [4.69, 9.17) is 0 Å². The molecule has 3 amide bonds. The third kappa shape index (κ3) is 4.04. The maximum atomic E-state index is 12.0. The monoisotopic (exact) mass is 353 g/mol. The molecule has 1 aromatic carbocycles. The Balaban J connectivity index is 1.90. The van der Waals surface area contributed by atoms with Crippen molar-refractivity contribution in [1.29, 1.82) is 0 Å². The summed E-state index contributed by atoms with van der Waals surface area (Å²) >= 11 is 3.30. The van der Waals surface area contributed by atoms with Crippen molar-refractivity contribution in [3.8, 4) is 0 Å². The van der Waals surface area contributed by atoms with Crippen LogP contribution in [0.25, 0.3) is 0 Å². The number of carbonyl (C=O) groups is 3. The number of anilines is 1. The van der Waals surface area contributed by atoms with Crippen molar-refractivity contribution in [2.45, 2.75) is 6.92 Å². The second kappa shape index (κ2) is 6.71. The van der Waals surface area contributed by atoms with Gasteiger partial charge in [-0.1, -0.05) is 15.9 Å². The van der Waals surface area contributed by atoms with Crippen LogP contribution in [0.3, 0.4) is 0 Å². The summed E-state index contributed by atoms with van der Waals surface area (Å²) in [6.07, 6.45) is 0. The SMILES string of the molecule is CC(=O)N1CCN(C(=O)C(=O)Nc2ccc(Br)cc2)CC1. The molecule has 2 rings (SSSR count). The fraction of sp³-hybridized carbons (Fsp3) is 0.357. The summed E-state index contributed by atoms with van der Waals surface area (Å²) in [5.41, 5.74) is 0.568. The van der Waals surface area contributed by atoms with Crippen molar-refractivity contribution < 1.29 is 14.4 Å². The lowest BCUT2D eigenvalue weighted by Crippen LogP contribution is -2.52. The largest absolute Gasteiger partial charge is 0.339 e. The molecule has 1 heterocycles. The van der Waals surface area contributed by atoms with Crippen LogP contribution in [0.1, 0.15) is 6.92 Å². The second-order valence-electron chi connectivity index (χ2n) is 4.76. The van der Waals surface area contributed by atoms with Crippen molar-refractivity contribution in [1.82, 2.24) is 9.80 Å². The first-order valence-corrected chi connectivity index (χ1v) is 7.38. The highest BCUT2D eigenvalue weighted by atomic mass is 79.9. The maximum absolute atomic E-state index is 12.0. The zero-order chi connectivity index (χ0) is 15.4. The van der Waals surface area contributed by atoms with Gasteiger partial charge >= 0.3 is 11.8 Å². The van der Waals surface area contributed by atoms with Gasteiger partial charge in [0.05, 0.1) is 0 Å². The van der Waals surface area contributed by atoms with Gasteiger partial charge in [0, 0.05) is 43.3 Å². The van der Waals surface area contributed by atoms with Crippen LogP contribution in [0.2, 0.25) is 0 Å². The van der Waals surface area contributed by atoms with Crippen LogP contribution in [-0.2, 0) is 14.4 Å². The molecule has 1 fully saturated rings. The summed E-state index contributed by atoms with van der Waals surface area (Å²) in [7, 11) is 0. The minimum absolute atomic E-state index is 0.0126. The molecule has 0 radical (unpaired) electrons. The van der Waals surface area contributed by atoms with Gasteiger partial charge in [-0.15, -0.1) is 0 Å². The number of amides is 3. The first kappa shape index (κ1) is 15.5. The molecule has 0 aromatic heterocycles. The van der Waals surface area contributed by atoms with E-state index < -0.39 is 11.8 Å². The van der Waals surface area contributed by atoms with Crippen molar-refractivity contribution in [3.05, 3.63) is 28.7 Å². The molecule has 1 N–H and O–H groups in total. The lowest BCUT2D eigenvalue weighted by Gasteiger charge is -2.33. The van der Waals surface area contributed by atoms with E-state index in [1.165, 1.54) is 11.8 Å². The van der Waals surface area contributed by atoms with Gasteiger partial charge in [0.15, 0.2) is 0 Å². The van der Waals surface area contributed by atoms with E-state index in [2.05, 4.69) is 21.2 Å². The summed E-state index contributed by atoms with van der Waals surface area (Å²) in [4.78, 5) is 38.3. The van der Waals surface area contributed by atoms with Crippen LogP contribution in [0.5, 0.6) is 0 Å². The lowest BCUT2D eigenvalue weighted by atomic mass is 10.3. The molecule has 0 aliphatic carbocycles. The highest BCUT2D eigenvalue weighted by Gasteiger charge is 2.26. The molecule has 1 saturated heterocycles. The summed E-state index contributed by atoms with van der Waals surface area (Å²) in [5.74, 6) is -1.24. The molecule has 0 bridgehead atoms. The number of piperazine rings is 1. The summed E-state index contributed by atoms with van der Waals surface area (Å²) in [6, 6.07) is 6.99. The number of hydrogen-bond acceptors (Lipinski definition) is 3. The van der Waals surface area contributed by atoms with Gasteiger partial charge in [0.2, 0.25) is 5.91 Å². The summed E-state index contributed by atoms with van der Waals surface area (Å²) in [6.45, 7) is 3.19. The Kier molecular flexibility index (Phi) is 4.95. The molecule has 1 aliphatic heterocycles. The van der Waals surface area contributed by atoms with Crippen LogP contribution < -0.4 is 5.32 Å². The van der Waals surface area contributed by atoms with E-state index >= 15 is 0 Å². The Hall–Kier alpha value is -1.89. The van der Waals surface area contributed by atoms with Gasteiger partial charge in [0.25, 0.3) is 0 Å². The molecule has 0 saturated carbocycles. The highest BCUT2D eigenvalue weighted by Crippen LogP contribution is 2.14. The molecule has 0 atom stereocenters. The number of hydrogen-bond donors (Lipinski definition) is 1. The average Bonchev–Trinajstić information content (AvgIpc) is 2.49. The van der Waals surface area contributed by atoms with Crippen molar-refractivity contribution in [3.63, 3.8) is 0 Å². The molecule has 0 unspecified atom stereocenters. The van der Waals surface area contributed by atoms with Gasteiger partial charge in [-0.05, 0) is 24.3 Å². The third-order valence-corrected chi connectivity index (χ3v) is 3.84.